The predicted molar refractivity (Wildman–Crippen MR) is 103 cm³/mol. The van der Waals surface area contributed by atoms with Gasteiger partial charge in [0.2, 0.25) is 0 Å². The van der Waals surface area contributed by atoms with Crippen LogP contribution in [0.5, 0.6) is 0 Å². The second-order valence-corrected chi connectivity index (χ2v) is 7.77. The van der Waals surface area contributed by atoms with Gasteiger partial charge in [-0.15, -0.1) is 0 Å². The number of amides is 1. The van der Waals surface area contributed by atoms with Gasteiger partial charge >= 0.3 is 0 Å². The van der Waals surface area contributed by atoms with Crippen molar-refractivity contribution < 1.29 is 19.1 Å². The molecule has 0 unspecified atom stereocenters. The maximum atomic E-state index is 13.0. The molecular formula is C21H28N2O4. The van der Waals surface area contributed by atoms with E-state index in [2.05, 4.69) is 4.90 Å². The average Bonchev–Trinajstić information content (AvgIpc) is 3.11. The van der Waals surface area contributed by atoms with Crippen LogP contribution in [0.4, 0.5) is 0 Å². The molecule has 6 nitrogen and oxygen atoms in total. The summed E-state index contributed by atoms with van der Waals surface area (Å²) in [6, 6.07) is 7.57. The van der Waals surface area contributed by atoms with Crippen LogP contribution >= 0.6 is 0 Å². The molecule has 1 aliphatic carbocycles. The number of hydrogen-bond acceptors (Lipinski definition) is 5. The van der Waals surface area contributed by atoms with Crippen molar-refractivity contribution in [2.24, 2.45) is 0 Å². The number of rotatable bonds is 3. The molecule has 27 heavy (non-hydrogen) atoms. The Balaban J connectivity index is 1.51. The van der Waals surface area contributed by atoms with Crippen LogP contribution < -0.4 is 0 Å². The topological polar surface area (TPSA) is 66.2 Å². The summed E-state index contributed by atoms with van der Waals surface area (Å²) in [5.41, 5.74) is 1.85. The summed E-state index contributed by atoms with van der Waals surface area (Å²) in [5.74, 6) is 0.161. The average molecular weight is 372 g/mol. The van der Waals surface area contributed by atoms with E-state index in [1.807, 2.05) is 25.1 Å². The number of furan rings is 1. The highest BCUT2D eigenvalue weighted by Crippen LogP contribution is 2.29. The number of hydrogen-bond donors (Lipinski definition) is 1. The molecule has 2 aromatic rings. The van der Waals surface area contributed by atoms with Crippen molar-refractivity contribution in [3.05, 3.63) is 35.6 Å². The van der Waals surface area contributed by atoms with E-state index in [4.69, 9.17) is 9.15 Å². The fourth-order valence-corrected chi connectivity index (χ4v) is 4.46. The highest BCUT2D eigenvalue weighted by atomic mass is 16.5. The molecule has 0 radical (unpaired) electrons. The molecular weight excluding hydrogens is 344 g/mol. The summed E-state index contributed by atoms with van der Waals surface area (Å²) < 4.78 is 11.2. The van der Waals surface area contributed by atoms with Gasteiger partial charge < -0.3 is 19.2 Å². The SMILES string of the molecule is Cc1ccc2oc(C(=O)N(C)[C@@H]3CCC[C@@H](N4CCOCC4)[C@@H]3O)cc2c1. The number of morpholine rings is 1. The van der Waals surface area contributed by atoms with E-state index in [1.165, 1.54) is 0 Å². The van der Waals surface area contributed by atoms with Crippen molar-refractivity contribution in [3.8, 4) is 0 Å². The van der Waals surface area contributed by atoms with Crippen LogP contribution in [0.25, 0.3) is 11.0 Å². The van der Waals surface area contributed by atoms with E-state index in [0.717, 1.165) is 43.3 Å². The van der Waals surface area contributed by atoms with Crippen molar-refractivity contribution >= 4 is 16.9 Å². The van der Waals surface area contributed by atoms with Crippen molar-refractivity contribution in [3.63, 3.8) is 0 Å². The molecule has 1 saturated heterocycles. The Hall–Kier alpha value is -1.89. The number of nitrogens with zero attached hydrogens (tertiary/aromatic N) is 2. The maximum Gasteiger partial charge on any atom is 0.289 e. The van der Waals surface area contributed by atoms with Crippen molar-refractivity contribution in [2.75, 3.05) is 33.4 Å². The summed E-state index contributed by atoms with van der Waals surface area (Å²) in [6.45, 7) is 5.12. The van der Waals surface area contributed by atoms with Crippen LogP contribution in [0.15, 0.2) is 28.7 Å². The molecule has 146 valence electrons. The van der Waals surface area contributed by atoms with Crippen LogP contribution in [0.3, 0.4) is 0 Å². The number of carbonyl (C=O) groups is 1. The molecule has 1 aromatic carbocycles. The molecule has 2 fully saturated rings. The Kier molecular flexibility index (Phi) is 5.21. The zero-order valence-corrected chi connectivity index (χ0v) is 16.1. The smallest absolute Gasteiger partial charge is 0.289 e. The Labute approximate surface area is 159 Å². The lowest BCUT2D eigenvalue weighted by Crippen LogP contribution is -2.58. The first-order valence-electron chi connectivity index (χ1n) is 9.82. The second-order valence-electron chi connectivity index (χ2n) is 7.77. The Morgan fingerprint density at radius 2 is 2.00 bits per heavy atom. The summed E-state index contributed by atoms with van der Waals surface area (Å²) >= 11 is 0. The molecule has 0 spiro atoms. The van der Waals surface area contributed by atoms with Crippen LogP contribution in [-0.2, 0) is 4.74 Å². The number of carbonyl (C=O) groups excluding carboxylic acids is 1. The minimum absolute atomic E-state index is 0.0845. The zero-order valence-electron chi connectivity index (χ0n) is 16.1. The fourth-order valence-electron chi connectivity index (χ4n) is 4.46. The summed E-state index contributed by atoms with van der Waals surface area (Å²) in [7, 11) is 1.77. The third-order valence-corrected chi connectivity index (χ3v) is 6.00. The van der Waals surface area contributed by atoms with Gasteiger partial charge in [-0.2, -0.15) is 0 Å². The molecule has 2 heterocycles. The first kappa shape index (κ1) is 18.5. The lowest BCUT2D eigenvalue weighted by atomic mass is 9.86. The molecule has 3 atom stereocenters. The Bertz CT molecular complexity index is 812. The summed E-state index contributed by atoms with van der Waals surface area (Å²) in [6.07, 6.45) is 2.21. The predicted octanol–water partition coefficient (Wildman–Crippen LogP) is 2.43. The third kappa shape index (κ3) is 3.61. The number of fused-ring (bicyclic) bond motifs is 1. The van der Waals surface area contributed by atoms with Gasteiger partial charge in [-0.25, -0.2) is 0 Å². The first-order valence-corrected chi connectivity index (χ1v) is 9.82. The number of ether oxygens (including phenoxy) is 1. The van der Waals surface area contributed by atoms with Gasteiger partial charge in [-0.05, 0) is 44.4 Å². The number of aliphatic hydroxyl groups excluding tert-OH is 1. The largest absolute Gasteiger partial charge is 0.451 e. The number of aliphatic hydroxyl groups is 1. The van der Waals surface area contributed by atoms with Gasteiger partial charge in [0, 0.05) is 31.6 Å². The molecule has 2 aliphatic rings. The Morgan fingerprint density at radius 3 is 2.78 bits per heavy atom. The van der Waals surface area contributed by atoms with Crippen LogP contribution in [-0.4, -0.2) is 72.4 Å². The molecule has 4 rings (SSSR count). The van der Waals surface area contributed by atoms with E-state index < -0.39 is 6.10 Å². The highest BCUT2D eigenvalue weighted by molar-refractivity contribution is 5.96. The summed E-state index contributed by atoms with van der Waals surface area (Å²) in [4.78, 5) is 17.0. The van der Waals surface area contributed by atoms with Gasteiger partial charge in [0.1, 0.15) is 5.58 Å². The quantitative estimate of drug-likeness (QED) is 0.896. The Morgan fingerprint density at radius 1 is 1.22 bits per heavy atom. The van der Waals surface area contributed by atoms with Crippen molar-refractivity contribution in [1.29, 1.82) is 0 Å². The molecule has 1 aromatic heterocycles. The molecule has 1 aliphatic heterocycles. The number of benzene rings is 1. The minimum Gasteiger partial charge on any atom is -0.451 e. The fraction of sp³-hybridized carbons (Fsp3) is 0.571. The minimum atomic E-state index is -0.558. The van der Waals surface area contributed by atoms with Crippen LogP contribution in [0.1, 0.15) is 35.4 Å². The van der Waals surface area contributed by atoms with Gasteiger partial charge in [0.05, 0.1) is 25.4 Å². The first-order chi connectivity index (χ1) is 13.0. The van der Waals surface area contributed by atoms with E-state index in [-0.39, 0.29) is 18.0 Å². The zero-order chi connectivity index (χ0) is 19.0. The van der Waals surface area contributed by atoms with E-state index in [0.29, 0.717) is 24.6 Å². The second kappa shape index (κ2) is 7.62. The van der Waals surface area contributed by atoms with Gasteiger partial charge in [-0.3, -0.25) is 9.69 Å². The van der Waals surface area contributed by atoms with Gasteiger partial charge in [0.25, 0.3) is 5.91 Å². The van der Waals surface area contributed by atoms with Crippen LogP contribution in [0.2, 0.25) is 0 Å². The molecule has 6 heteroatoms. The lowest BCUT2D eigenvalue weighted by molar-refractivity contribution is -0.0616. The van der Waals surface area contributed by atoms with Gasteiger partial charge in [-0.1, -0.05) is 11.6 Å². The van der Waals surface area contributed by atoms with E-state index in [1.54, 1.807) is 18.0 Å². The normalized spacial score (nSPS) is 27.0. The maximum absolute atomic E-state index is 13.0. The molecule has 1 N–H and O–H groups in total. The van der Waals surface area contributed by atoms with Crippen molar-refractivity contribution in [1.82, 2.24) is 9.80 Å². The lowest BCUT2D eigenvalue weighted by Gasteiger charge is -2.45. The molecule has 1 amide bonds. The van der Waals surface area contributed by atoms with Gasteiger partial charge in [0.15, 0.2) is 5.76 Å². The third-order valence-electron chi connectivity index (χ3n) is 6.00. The van der Waals surface area contributed by atoms with E-state index in [9.17, 15) is 9.90 Å². The van der Waals surface area contributed by atoms with Crippen molar-refractivity contribution in [2.45, 2.75) is 44.4 Å². The van der Waals surface area contributed by atoms with Crippen LogP contribution in [0, 0.1) is 6.92 Å². The standard InChI is InChI=1S/C21H28N2O4/c1-14-6-7-18-15(12-14)13-19(27-18)21(25)22(2)16-4-3-5-17(20(16)24)23-8-10-26-11-9-23/h6-7,12-13,16-17,20,24H,3-5,8-11H2,1-2H3/t16-,17-,20-/m1/s1. The molecule has 0 bridgehead atoms. The van der Waals surface area contributed by atoms with E-state index >= 15 is 0 Å². The summed E-state index contributed by atoms with van der Waals surface area (Å²) in [5, 5.41) is 11.9. The monoisotopic (exact) mass is 372 g/mol. The number of likely N-dealkylation sites (N-methyl/N-ethyl adjacent to an activating group) is 1. The molecule has 1 saturated carbocycles. The highest BCUT2D eigenvalue weighted by Gasteiger charge is 2.39. The number of aryl methyl sites for hydroxylation is 1.